The predicted molar refractivity (Wildman–Crippen MR) is 115 cm³/mol. The van der Waals surface area contributed by atoms with Crippen molar-refractivity contribution in [2.45, 2.75) is 18.6 Å². The van der Waals surface area contributed by atoms with Crippen molar-refractivity contribution < 1.29 is 19.0 Å². The molecule has 0 aromatic heterocycles. The lowest BCUT2D eigenvalue weighted by molar-refractivity contribution is -0.147. The Bertz CT molecular complexity index is 1160. The minimum atomic E-state index is -1.28. The van der Waals surface area contributed by atoms with Gasteiger partial charge in [0, 0.05) is 10.9 Å². The van der Waals surface area contributed by atoms with Crippen molar-refractivity contribution in [1.82, 2.24) is 0 Å². The van der Waals surface area contributed by atoms with E-state index in [-0.39, 0.29) is 6.61 Å². The minimum absolute atomic E-state index is 0.250. The third-order valence-corrected chi connectivity index (χ3v) is 5.03. The zero-order chi connectivity index (χ0) is 21.0. The Balaban J connectivity index is 1.90. The zero-order valence-corrected chi connectivity index (χ0v) is 16.8. The first-order chi connectivity index (χ1) is 14.7. The van der Waals surface area contributed by atoms with Crippen molar-refractivity contribution in [1.29, 1.82) is 0 Å². The van der Waals surface area contributed by atoms with Crippen molar-refractivity contribution in [2.24, 2.45) is 4.99 Å². The number of esters is 1. The zero-order valence-electron chi connectivity index (χ0n) is 16.8. The number of aliphatic imine (C=N–C) groups is 1. The van der Waals surface area contributed by atoms with Crippen LogP contribution >= 0.6 is 0 Å². The van der Waals surface area contributed by atoms with E-state index in [0.717, 1.165) is 21.9 Å². The summed E-state index contributed by atoms with van der Waals surface area (Å²) in [5, 5.41) is 2.00. The van der Waals surface area contributed by atoms with E-state index < -0.39 is 17.6 Å². The maximum absolute atomic E-state index is 12.7. The summed E-state index contributed by atoms with van der Waals surface area (Å²) >= 11 is 0. The van der Waals surface area contributed by atoms with E-state index in [9.17, 15) is 4.79 Å². The summed E-state index contributed by atoms with van der Waals surface area (Å²) in [5.74, 6) is 6.61. The summed E-state index contributed by atoms with van der Waals surface area (Å²) < 4.78 is 16.7. The molecular formula is C25H21NO4. The highest BCUT2D eigenvalue weighted by molar-refractivity contribution is 5.91. The van der Waals surface area contributed by atoms with Gasteiger partial charge in [0.15, 0.2) is 6.40 Å². The molecule has 1 aliphatic rings. The number of carbonyl (C=O) groups is 1. The van der Waals surface area contributed by atoms with Gasteiger partial charge >= 0.3 is 5.97 Å². The summed E-state index contributed by atoms with van der Waals surface area (Å²) in [6.45, 7) is 2.01. The number of hydrogen-bond acceptors (Lipinski definition) is 5. The number of hydrogen-bond donors (Lipinski definition) is 0. The van der Waals surface area contributed by atoms with Gasteiger partial charge < -0.3 is 14.2 Å². The van der Waals surface area contributed by atoms with Gasteiger partial charge in [-0.1, -0.05) is 66.6 Å². The molecular weight excluding hydrogens is 378 g/mol. The molecule has 1 aliphatic heterocycles. The Kier molecular flexibility index (Phi) is 5.40. The fourth-order valence-corrected chi connectivity index (χ4v) is 3.58. The van der Waals surface area contributed by atoms with Crippen LogP contribution in [0.2, 0.25) is 0 Å². The topological polar surface area (TPSA) is 57.1 Å². The molecule has 30 heavy (non-hydrogen) atoms. The molecule has 5 heteroatoms. The third-order valence-electron chi connectivity index (χ3n) is 5.03. The lowest BCUT2D eigenvalue weighted by Crippen LogP contribution is -2.41. The van der Waals surface area contributed by atoms with Crippen LogP contribution in [0.3, 0.4) is 0 Å². The van der Waals surface area contributed by atoms with Crippen LogP contribution in [-0.2, 0) is 19.9 Å². The number of carbonyl (C=O) groups excluding carboxylic acids is 1. The van der Waals surface area contributed by atoms with Crippen LogP contribution in [0.1, 0.15) is 18.1 Å². The van der Waals surface area contributed by atoms with Crippen LogP contribution in [-0.4, -0.2) is 32.1 Å². The Morgan fingerprint density at radius 2 is 1.87 bits per heavy atom. The molecule has 3 aromatic rings. The monoisotopic (exact) mass is 399 g/mol. The van der Waals surface area contributed by atoms with Gasteiger partial charge in [0.2, 0.25) is 11.6 Å². The third kappa shape index (κ3) is 3.37. The summed E-state index contributed by atoms with van der Waals surface area (Å²) in [5.41, 5.74) is 0.173. The molecule has 1 heterocycles. The lowest BCUT2D eigenvalue weighted by Gasteiger charge is -2.27. The highest BCUT2D eigenvalue weighted by Gasteiger charge is 2.49. The van der Waals surface area contributed by atoms with Gasteiger partial charge in [-0.15, -0.1) is 0 Å². The number of ether oxygens (including phenoxy) is 3. The van der Waals surface area contributed by atoms with Crippen LogP contribution in [0.4, 0.5) is 0 Å². The predicted octanol–water partition coefficient (Wildman–Crippen LogP) is 4.09. The Labute approximate surface area is 175 Å². The average molecular weight is 399 g/mol. The van der Waals surface area contributed by atoms with Crippen LogP contribution in [0.15, 0.2) is 71.7 Å². The van der Waals surface area contributed by atoms with Crippen LogP contribution in [0.5, 0.6) is 5.75 Å². The number of methoxy groups -OCH3 is 1. The van der Waals surface area contributed by atoms with Gasteiger partial charge in [-0.2, -0.15) is 0 Å². The summed E-state index contributed by atoms with van der Waals surface area (Å²) in [7, 11) is 1.61. The first-order valence-electron chi connectivity index (χ1n) is 9.70. The second kappa shape index (κ2) is 8.30. The molecule has 5 nitrogen and oxygen atoms in total. The van der Waals surface area contributed by atoms with Gasteiger partial charge in [-0.05, 0) is 24.3 Å². The Morgan fingerprint density at radius 1 is 1.10 bits per heavy atom. The molecule has 0 aliphatic carbocycles. The van der Waals surface area contributed by atoms with Crippen LogP contribution in [0, 0.1) is 11.8 Å². The molecule has 0 bridgehead atoms. The molecule has 0 saturated heterocycles. The fraction of sp³-hybridized carbons (Fsp3) is 0.200. The maximum Gasteiger partial charge on any atom is 0.336 e. The highest BCUT2D eigenvalue weighted by atomic mass is 16.5. The molecule has 0 amide bonds. The van der Waals surface area contributed by atoms with Crippen LogP contribution < -0.4 is 4.74 Å². The summed E-state index contributed by atoms with van der Waals surface area (Å²) in [4.78, 5) is 16.9. The van der Waals surface area contributed by atoms with Crippen LogP contribution in [0.25, 0.3) is 10.8 Å². The highest BCUT2D eigenvalue weighted by Crippen LogP contribution is 2.36. The molecule has 150 valence electrons. The summed E-state index contributed by atoms with van der Waals surface area (Å²) in [6.07, 6.45) is 1.28. The van der Waals surface area contributed by atoms with Crippen molar-refractivity contribution in [3.63, 3.8) is 0 Å². The molecule has 2 atom stereocenters. The summed E-state index contributed by atoms with van der Waals surface area (Å²) in [6, 6.07) is 20.3. The van der Waals surface area contributed by atoms with Crippen molar-refractivity contribution in [3.05, 3.63) is 77.9 Å². The lowest BCUT2D eigenvalue weighted by atomic mass is 9.86. The number of rotatable bonds is 4. The second-order valence-electron chi connectivity index (χ2n) is 6.74. The largest absolute Gasteiger partial charge is 0.495 e. The van der Waals surface area contributed by atoms with Crippen molar-refractivity contribution in [3.8, 4) is 17.6 Å². The van der Waals surface area contributed by atoms with Crippen molar-refractivity contribution >= 4 is 23.1 Å². The molecule has 3 aromatic carbocycles. The van der Waals surface area contributed by atoms with E-state index in [1.807, 2.05) is 66.7 Å². The number of benzene rings is 3. The van der Waals surface area contributed by atoms with E-state index in [0.29, 0.717) is 5.75 Å². The van der Waals surface area contributed by atoms with E-state index in [4.69, 9.17) is 14.2 Å². The molecule has 0 N–H and O–H groups in total. The minimum Gasteiger partial charge on any atom is -0.495 e. The SMILES string of the molecule is CCOC(=O)C1N=COC1(C#Cc1c(OC)ccc2ccccc12)c1ccccc1. The van der Waals surface area contributed by atoms with Gasteiger partial charge in [-0.3, -0.25) is 0 Å². The molecule has 0 fully saturated rings. The second-order valence-corrected chi connectivity index (χ2v) is 6.74. The van der Waals surface area contributed by atoms with E-state index in [2.05, 4.69) is 16.8 Å². The molecule has 4 rings (SSSR count). The molecule has 0 radical (unpaired) electrons. The maximum atomic E-state index is 12.7. The smallest absolute Gasteiger partial charge is 0.336 e. The number of fused-ring (bicyclic) bond motifs is 1. The molecule has 2 unspecified atom stereocenters. The van der Waals surface area contributed by atoms with Gasteiger partial charge in [0.05, 0.1) is 19.3 Å². The fourth-order valence-electron chi connectivity index (χ4n) is 3.58. The van der Waals surface area contributed by atoms with Gasteiger partial charge in [-0.25, -0.2) is 9.79 Å². The van der Waals surface area contributed by atoms with E-state index >= 15 is 0 Å². The normalized spacial score (nSPS) is 19.6. The quantitative estimate of drug-likeness (QED) is 0.490. The van der Waals surface area contributed by atoms with Crippen molar-refractivity contribution in [2.75, 3.05) is 13.7 Å². The standard InChI is InChI=1S/C25H21NO4/c1-3-29-24(27)23-25(30-17-26-23,19-10-5-4-6-11-19)16-15-21-20-12-8-7-9-18(20)13-14-22(21)28-2/h4-14,17,23H,3H2,1-2H3. The Morgan fingerprint density at radius 3 is 2.63 bits per heavy atom. The van der Waals surface area contributed by atoms with Gasteiger partial charge in [0.1, 0.15) is 5.75 Å². The molecule has 0 spiro atoms. The average Bonchev–Trinajstić information content (AvgIpc) is 3.23. The van der Waals surface area contributed by atoms with Gasteiger partial charge in [0.25, 0.3) is 0 Å². The Hall–Kier alpha value is -3.78. The first kappa shape index (κ1) is 19.5. The van der Waals surface area contributed by atoms with E-state index in [1.54, 1.807) is 14.0 Å². The number of nitrogens with zero attached hydrogens (tertiary/aromatic N) is 1. The van der Waals surface area contributed by atoms with E-state index in [1.165, 1.54) is 6.40 Å². The first-order valence-corrected chi connectivity index (χ1v) is 9.70. The molecule has 0 saturated carbocycles.